The first-order valence-corrected chi connectivity index (χ1v) is 12.6. The van der Waals surface area contributed by atoms with Crippen LogP contribution in [0.1, 0.15) is 51.8 Å². The average Bonchev–Trinajstić information content (AvgIpc) is 3.27. The summed E-state index contributed by atoms with van der Waals surface area (Å²) in [5, 5.41) is 2.76. The number of rotatable bonds is 6. The molecule has 2 aromatic carbocycles. The molecule has 6 heteroatoms. The first-order chi connectivity index (χ1) is 15.8. The van der Waals surface area contributed by atoms with Crippen molar-refractivity contribution < 1.29 is 9.59 Å². The van der Waals surface area contributed by atoms with Gasteiger partial charge in [0.2, 0.25) is 5.91 Å². The molecule has 0 spiro atoms. The van der Waals surface area contributed by atoms with Crippen LogP contribution in [0.2, 0.25) is 5.02 Å². The minimum absolute atomic E-state index is 0.0343. The van der Waals surface area contributed by atoms with Crippen molar-refractivity contribution in [2.45, 2.75) is 33.2 Å². The van der Waals surface area contributed by atoms with Crippen molar-refractivity contribution in [2.75, 3.05) is 19.6 Å². The van der Waals surface area contributed by atoms with Gasteiger partial charge in [-0.2, -0.15) is 0 Å². The fourth-order valence-corrected chi connectivity index (χ4v) is 5.41. The Balaban J connectivity index is 1.61. The summed E-state index contributed by atoms with van der Waals surface area (Å²) < 4.78 is 0. The van der Waals surface area contributed by atoms with Crippen molar-refractivity contribution in [1.82, 2.24) is 9.80 Å². The molecule has 1 atom stereocenters. The highest BCUT2D eigenvalue weighted by Gasteiger charge is 2.34. The molecule has 0 saturated heterocycles. The molecule has 0 aliphatic carbocycles. The molecule has 1 aliphatic rings. The Morgan fingerprint density at radius 2 is 1.79 bits per heavy atom. The van der Waals surface area contributed by atoms with Crippen LogP contribution in [-0.4, -0.2) is 41.2 Å². The number of hydrogen-bond acceptors (Lipinski definition) is 3. The number of nitrogens with zero attached hydrogens (tertiary/aromatic N) is 2. The minimum atomic E-state index is -0.167. The van der Waals surface area contributed by atoms with E-state index in [-0.39, 0.29) is 30.3 Å². The van der Waals surface area contributed by atoms with Crippen molar-refractivity contribution >= 4 is 34.8 Å². The molecule has 172 valence electrons. The molecule has 1 aromatic heterocycles. The summed E-state index contributed by atoms with van der Waals surface area (Å²) in [5.41, 5.74) is 3.92. The SMILES string of the molecule is Cc1ccc(C(=O)N(CC(=O)N2CCc3sccc3C2c2ccc(Cl)cc2)CC(C)C)cc1. The van der Waals surface area contributed by atoms with Gasteiger partial charge >= 0.3 is 0 Å². The normalized spacial score (nSPS) is 15.4. The Morgan fingerprint density at radius 1 is 1.09 bits per heavy atom. The standard InChI is InChI=1S/C27H29ClN2O2S/c1-18(2)16-29(27(32)21-6-4-19(3)5-7-21)17-25(31)30-14-12-24-23(13-15-33-24)26(30)20-8-10-22(28)11-9-20/h4-11,13,15,18,26H,12,14,16-17H2,1-3H3. The van der Waals surface area contributed by atoms with Crippen molar-refractivity contribution in [1.29, 1.82) is 0 Å². The largest absolute Gasteiger partial charge is 0.330 e. The summed E-state index contributed by atoms with van der Waals surface area (Å²) >= 11 is 7.86. The third kappa shape index (κ3) is 5.31. The summed E-state index contributed by atoms with van der Waals surface area (Å²) in [7, 11) is 0. The zero-order valence-electron chi connectivity index (χ0n) is 19.3. The Labute approximate surface area is 204 Å². The van der Waals surface area contributed by atoms with Gasteiger partial charge in [0.25, 0.3) is 5.91 Å². The third-order valence-electron chi connectivity index (χ3n) is 5.97. The van der Waals surface area contributed by atoms with Crippen molar-refractivity contribution in [3.8, 4) is 0 Å². The molecule has 4 nitrogen and oxygen atoms in total. The van der Waals surface area contributed by atoms with Crippen molar-refractivity contribution in [3.05, 3.63) is 92.1 Å². The molecule has 1 aliphatic heterocycles. The van der Waals surface area contributed by atoms with E-state index in [0.717, 1.165) is 17.5 Å². The molecule has 0 radical (unpaired) electrons. The molecule has 0 N–H and O–H groups in total. The van der Waals surface area contributed by atoms with Crippen LogP contribution in [0.4, 0.5) is 0 Å². The van der Waals surface area contributed by atoms with Crippen LogP contribution in [0.3, 0.4) is 0 Å². The quantitative estimate of drug-likeness (QED) is 0.435. The molecule has 2 amide bonds. The monoisotopic (exact) mass is 480 g/mol. The zero-order chi connectivity index (χ0) is 23.5. The Morgan fingerprint density at radius 3 is 2.45 bits per heavy atom. The lowest BCUT2D eigenvalue weighted by atomic mass is 9.93. The van der Waals surface area contributed by atoms with Crippen LogP contribution >= 0.6 is 22.9 Å². The molecular weight excluding hydrogens is 452 g/mol. The van der Waals surface area contributed by atoms with Crippen molar-refractivity contribution in [3.63, 3.8) is 0 Å². The molecule has 1 unspecified atom stereocenters. The topological polar surface area (TPSA) is 40.6 Å². The van der Waals surface area contributed by atoms with E-state index in [1.54, 1.807) is 16.2 Å². The van der Waals surface area contributed by atoms with Crippen LogP contribution in [-0.2, 0) is 11.2 Å². The first kappa shape index (κ1) is 23.5. The molecule has 0 fully saturated rings. The maximum Gasteiger partial charge on any atom is 0.254 e. The average molecular weight is 481 g/mol. The van der Waals surface area contributed by atoms with Gasteiger partial charge in [0.1, 0.15) is 6.54 Å². The van der Waals surface area contributed by atoms with Gasteiger partial charge in [0, 0.05) is 28.6 Å². The van der Waals surface area contributed by atoms with Gasteiger partial charge in [-0.3, -0.25) is 9.59 Å². The zero-order valence-corrected chi connectivity index (χ0v) is 20.8. The minimum Gasteiger partial charge on any atom is -0.330 e. The van der Waals surface area contributed by atoms with E-state index in [4.69, 9.17) is 11.6 Å². The fraction of sp³-hybridized carbons (Fsp3) is 0.333. The number of amides is 2. The van der Waals surface area contributed by atoms with E-state index < -0.39 is 0 Å². The maximum atomic E-state index is 13.7. The smallest absolute Gasteiger partial charge is 0.254 e. The highest BCUT2D eigenvalue weighted by Crippen LogP contribution is 2.38. The van der Waals surface area contributed by atoms with E-state index in [1.807, 2.05) is 60.4 Å². The highest BCUT2D eigenvalue weighted by molar-refractivity contribution is 7.10. The number of thiophene rings is 1. The van der Waals surface area contributed by atoms with Crippen molar-refractivity contribution in [2.24, 2.45) is 5.92 Å². The Hall–Kier alpha value is -2.63. The van der Waals surface area contributed by atoms with E-state index in [9.17, 15) is 9.59 Å². The number of fused-ring (bicyclic) bond motifs is 1. The maximum absolute atomic E-state index is 13.7. The van der Waals surface area contributed by atoms with Gasteiger partial charge < -0.3 is 9.80 Å². The predicted octanol–water partition coefficient (Wildman–Crippen LogP) is 5.98. The highest BCUT2D eigenvalue weighted by atomic mass is 35.5. The lowest BCUT2D eigenvalue weighted by Crippen LogP contribution is -2.47. The van der Waals surface area contributed by atoms with E-state index in [2.05, 4.69) is 25.3 Å². The van der Waals surface area contributed by atoms with Crippen LogP contribution in [0.25, 0.3) is 0 Å². The van der Waals surface area contributed by atoms with Gasteiger partial charge in [0.15, 0.2) is 0 Å². The molecule has 0 saturated carbocycles. The second-order valence-corrected chi connectivity index (χ2v) is 10.5. The molecule has 0 bridgehead atoms. The van der Waals surface area contributed by atoms with Crippen LogP contribution in [0.5, 0.6) is 0 Å². The summed E-state index contributed by atoms with van der Waals surface area (Å²) in [6, 6.07) is 17.2. The lowest BCUT2D eigenvalue weighted by molar-refractivity contribution is -0.134. The lowest BCUT2D eigenvalue weighted by Gasteiger charge is -2.38. The fourth-order valence-electron chi connectivity index (χ4n) is 4.38. The second-order valence-electron chi connectivity index (χ2n) is 9.04. The van der Waals surface area contributed by atoms with E-state index >= 15 is 0 Å². The summed E-state index contributed by atoms with van der Waals surface area (Å²) in [5.74, 6) is 0.116. The van der Waals surface area contributed by atoms with Gasteiger partial charge in [-0.1, -0.05) is 55.3 Å². The first-order valence-electron chi connectivity index (χ1n) is 11.3. The van der Waals surface area contributed by atoms with Crippen LogP contribution in [0.15, 0.2) is 60.0 Å². The number of halogens is 1. The number of carbonyl (C=O) groups excluding carboxylic acids is 2. The van der Waals surface area contributed by atoms with Gasteiger partial charge in [-0.25, -0.2) is 0 Å². The molecule has 3 aromatic rings. The van der Waals surface area contributed by atoms with Crippen LogP contribution < -0.4 is 0 Å². The Bertz CT molecular complexity index is 1120. The molecular formula is C27H29ClN2O2S. The molecule has 33 heavy (non-hydrogen) atoms. The van der Waals surface area contributed by atoms with Gasteiger partial charge in [-0.15, -0.1) is 11.3 Å². The van der Waals surface area contributed by atoms with Gasteiger partial charge in [0.05, 0.1) is 6.04 Å². The number of hydrogen-bond donors (Lipinski definition) is 0. The number of benzene rings is 2. The van der Waals surface area contributed by atoms with E-state index in [0.29, 0.717) is 23.7 Å². The molecule has 4 rings (SSSR count). The third-order valence-corrected chi connectivity index (χ3v) is 7.22. The summed E-state index contributed by atoms with van der Waals surface area (Å²) in [6.45, 7) is 7.35. The summed E-state index contributed by atoms with van der Waals surface area (Å²) in [4.78, 5) is 31.9. The number of aryl methyl sites for hydroxylation is 1. The Kier molecular flexibility index (Phi) is 7.20. The molecule has 2 heterocycles. The van der Waals surface area contributed by atoms with E-state index in [1.165, 1.54) is 10.4 Å². The predicted molar refractivity (Wildman–Crippen MR) is 135 cm³/mol. The second kappa shape index (κ2) is 10.1. The van der Waals surface area contributed by atoms with Crippen LogP contribution in [0, 0.1) is 12.8 Å². The van der Waals surface area contributed by atoms with Gasteiger partial charge in [-0.05, 0) is 66.1 Å². The summed E-state index contributed by atoms with van der Waals surface area (Å²) in [6.07, 6.45) is 0.832. The number of carbonyl (C=O) groups is 2.